The number of carbonyl (C=O) groups excluding carboxylic acids is 1. The van der Waals surface area contributed by atoms with Crippen molar-refractivity contribution in [1.29, 1.82) is 0 Å². The Balaban J connectivity index is 1.39. The van der Waals surface area contributed by atoms with E-state index in [1.807, 2.05) is 0 Å². The van der Waals surface area contributed by atoms with Gasteiger partial charge in [0.1, 0.15) is 17.9 Å². The van der Waals surface area contributed by atoms with Crippen LogP contribution in [0.2, 0.25) is 0 Å². The molecule has 33 heavy (non-hydrogen) atoms. The van der Waals surface area contributed by atoms with Crippen LogP contribution in [-0.4, -0.2) is 20.6 Å². The third kappa shape index (κ3) is 3.98. The molecule has 7 nitrogen and oxygen atoms in total. The molecule has 0 unspecified atom stereocenters. The summed E-state index contributed by atoms with van der Waals surface area (Å²) in [5, 5.41) is 6.00. The number of carbonyl (C=O) groups is 1. The van der Waals surface area contributed by atoms with Gasteiger partial charge >= 0.3 is 12.2 Å². The summed E-state index contributed by atoms with van der Waals surface area (Å²) in [4.78, 5) is 21.0. The Kier molecular flexibility index (Phi) is 4.97. The topological polar surface area (TPSA) is 81.1 Å². The highest BCUT2D eigenvalue weighted by Crippen LogP contribution is 2.32. The molecule has 11 heteroatoms. The summed E-state index contributed by atoms with van der Waals surface area (Å²) in [5.41, 5.74) is 0.567. The summed E-state index contributed by atoms with van der Waals surface area (Å²) in [6, 6.07) is 7.60. The smallest absolute Gasteiger partial charge is 0.416 e. The Morgan fingerprint density at radius 2 is 1.94 bits per heavy atom. The maximum absolute atomic E-state index is 14.0. The molecule has 4 aromatic rings. The number of nitrogens with zero attached hydrogens (tertiary/aromatic N) is 3. The number of hydrogen-bond donors (Lipinski definition) is 2. The summed E-state index contributed by atoms with van der Waals surface area (Å²) in [6.45, 7) is 1.23. The molecule has 3 heterocycles. The Morgan fingerprint density at radius 1 is 1.09 bits per heavy atom. The molecule has 0 spiro atoms. The van der Waals surface area contributed by atoms with Gasteiger partial charge in [-0.1, -0.05) is 0 Å². The van der Waals surface area contributed by atoms with Crippen molar-refractivity contribution in [3.05, 3.63) is 77.6 Å². The second-order valence-electron chi connectivity index (χ2n) is 7.34. The molecule has 0 aliphatic carbocycles. The van der Waals surface area contributed by atoms with Crippen molar-refractivity contribution in [3.8, 4) is 11.6 Å². The van der Waals surface area contributed by atoms with E-state index in [1.165, 1.54) is 17.1 Å². The zero-order chi connectivity index (χ0) is 23.2. The molecule has 5 rings (SSSR count). The lowest BCUT2D eigenvalue weighted by Crippen LogP contribution is -2.19. The van der Waals surface area contributed by atoms with E-state index in [4.69, 9.17) is 4.74 Å². The van der Waals surface area contributed by atoms with Crippen LogP contribution >= 0.6 is 0 Å². The van der Waals surface area contributed by atoms with Gasteiger partial charge in [0.15, 0.2) is 0 Å². The van der Waals surface area contributed by atoms with E-state index in [0.29, 0.717) is 53.8 Å². The van der Waals surface area contributed by atoms with Gasteiger partial charge in [-0.3, -0.25) is 4.57 Å². The molecule has 0 radical (unpaired) electrons. The third-order valence-corrected chi connectivity index (χ3v) is 5.22. The number of nitrogens with one attached hydrogen (secondary N) is 2. The molecule has 0 fully saturated rings. The lowest BCUT2D eigenvalue weighted by Gasteiger charge is -2.12. The molecule has 1 aliphatic heterocycles. The second-order valence-corrected chi connectivity index (χ2v) is 7.34. The van der Waals surface area contributed by atoms with Gasteiger partial charge in [0, 0.05) is 24.7 Å². The van der Waals surface area contributed by atoms with Gasteiger partial charge in [-0.25, -0.2) is 19.2 Å². The number of ether oxygens (including phenoxy) is 1. The Hall–Kier alpha value is -3.99. The van der Waals surface area contributed by atoms with Crippen LogP contribution < -0.4 is 15.4 Å². The molecular formula is C22H15F4N5O2. The number of amides is 1. The predicted octanol–water partition coefficient (Wildman–Crippen LogP) is 5.06. The van der Waals surface area contributed by atoms with Crippen molar-refractivity contribution in [2.45, 2.75) is 19.3 Å². The van der Waals surface area contributed by atoms with E-state index in [2.05, 4.69) is 20.6 Å². The molecule has 1 aliphatic rings. The fourth-order valence-corrected chi connectivity index (χ4v) is 3.60. The van der Waals surface area contributed by atoms with E-state index < -0.39 is 29.3 Å². The lowest BCUT2D eigenvalue weighted by molar-refractivity contribution is -0.137. The molecular weight excluding hydrogens is 442 g/mol. The van der Waals surface area contributed by atoms with Gasteiger partial charge in [-0.2, -0.15) is 13.2 Å². The highest BCUT2D eigenvalue weighted by Gasteiger charge is 2.31. The van der Waals surface area contributed by atoms with Gasteiger partial charge in [-0.05, 0) is 42.5 Å². The van der Waals surface area contributed by atoms with Crippen molar-refractivity contribution in [2.75, 3.05) is 5.32 Å². The van der Waals surface area contributed by atoms with Crippen molar-refractivity contribution < 1.29 is 27.1 Å². The monoisotopic (exact) mass is 457 g/mol. The van der Waals surface area contributed by atoms with E-state index in [1.54, 1.807) is 24.3 Å². The highest BCUT2D eigenvalue weighted by molar-refractivity contribution is 5.98. The van der Waals surface area contributed by atoms with Crippen LogP contribution in [0.25, 0.3) is 10.9 Å². The van der Waals surface area contributed by atoms with E-state index in [-0.39, 0.29) is 0 Å². The largest absolute Gasteiger partial charge is 0.439 e. The number of alkyl halides is 3. The average Bonchev–Trinajstić information content (AvgIpc) is 3.42. The van der Waals surface area contributed by atoms with Crippen molar-refractivity contribution in [3.63, 3.8) is 0 Å². The first-order chi connectivity index (χ1) is 15.8. The highest BCUT2D eigenvalue weighted by atomic mass is 19.4. The first-order valence-electron chi connectivity index (χ1n) is 9.80. The zero-order valence-corrected chi connectivity index (χ0v) is 16.8. The molecule has 1 amide bonds. The zero-order valence-electron chi connectivity index (χ0n) is 16.8. The minimum Gasteiger partial charge on any atom is -0.439 e. The summed E-state index contributed by atoms with van der Waals surface area (Å²) < 4.78 is 59.8. The number of hydrogen-bond acceptors (Lipinski definition) is 5. The summed E-state index contributed by atoms with van der Waals surface area (Å²) in [5.74, 6) is -0.0608. The minimum atomic E-state index is -4.66. The molecule has 0 saturated carbocycles. The van der Waals surface area contributed by atoms with Gasteiger partial charge in [0.05, 0.1) is 28.0 Å². The van der Waals surface area contributed by atoms with Gasteiger partial charge < -0.3 is 15.4 Å². The average molecular weight is 457 g/mol. The van der Waals surface area contributed by atoms with E-state index in [0.717, 1.165) is 11.3 Å². The Bertz CT molecular complexity index is 1380. The number of benzene rings is 2. The first-order valence-corrected chi connectivity index (χ1v) is 9.80. The van der Waals surface area contributed by atoms with Gasteiger partial charge in [0.2, 0.25) is 5.88 Å². The SMILES string of the molecule is O=C(Nc1cc(C(F)(F)F)ccc1F)n1ccc2cc(Oc3ncnc4c3CNC4)ccc21. The third-order valence-electron chi connectivity index (χ3n) is 5.22. The molecule has 0 saturated heterocycles. The molecule has 0 bridgehead atoms. The molecule has 2 aromatic carbocycles. The standard InChI is InChI=1S/C22H15F4N5O2/c23-16-3-1-13(22(24,25)26)8-17(16)30-21(32)31-6-5-12-7-14(2-4-19(12)31)33-20-15-9-27-10-18(15)28-11-29-20/h1-8,11,27H,9-10H2,(H,30,32). The normalized spacial score (nSPS) is 13.2. The van der Waals surface area contributed by atoms with E-state index >= 15 is 0 Å². The van der Waals surface area contributed by atoms with Crippen LogP contribution in [0.15, 0.2) is 55.0 Å². The molecule has 2 N–H and O–H groups in total. The maximum atomic E-state index is 14.0. The summed E-state index contributed by atoms with van der Waals surface area (Å²) in [7, 11) is 0. The van der Waals surface area contributed by atoms with Crippen molar-refractivity contribution in [2.24, 2.45) is 0 Å². The van der Waals surface area contributed by atoms with Crippen LogP contribution in [0.3, 0.4) is 0 Å². The van der Waals surface area contributed by atoms with Crippen molar-refractivity contribution >= 4 is 22.6 Å². The minimum absolute atomic E-state index is 0.432. The van der Waals surface area contributed by atoms with Crippen LogP contribution in [-0.2, 0) is 19.3 Å². The number of rotatable bonds is 3. The van der Waals surface area contributed by atoms with Crippen LogP contribution in [0.5, 0.6) is 11.6 Å². The molecule has 0 atom stereocenters. The van der Waals surface area contributed by atoms with E-state index in [9.17, 15) is 22.4 Å². The summed E-state index contributed by atoms with van der Waals surface area (Å²) in [6.07, 6.45) is -1.81. The number of fused-ring (bicyclic) bond motifs is 2. The number of anilines is 1. The predicted molar refractivity (Wildman–Crippen MR) is 110 cm³/mol. The molecule has 2 aromatic heterocycles. The molecule has 168 valence electrons. The first kappa shape index (κ1) is 20.9. The van der Waals surface area contributed by atoms with Crippen LogP contribution in [0.1, 0.15) is 16.8 Å². The van der Waals surface area contributed by atoms with Crippen LogP contribution in [0.4, 0.5) is 28.0 Å². The quantitative estimate of drug-likeness (QED) is 0.420. The fraction of sp³-hybridized carbons (Fsp3) is 0.136. The van der Waals surface area contributed by atoms with Gasteiger partial charge in [-0.15, -0.1) is 0 Å². The second kappa shape index (κ2) is 7.85. The van der Waals surface area contributed by atoms with Gasteiger partial charge in [0.25, 0.3) is 0 Å². The lowest BCUT2D eigenvalue weighted by atomic mass is 10.2. The van der Waals surface area contributed by atoms with Crippen molar-refractivity contribution in [1.82, 2.24) is 19.9 Å². The number of halogens is 4. The number of aromatic nitrogens is 3. The Labute approximate surface area is 184 Å². The Morgan fingerprint density at radius 3 is 2.76 bits per heavy atom. The fourth-order valence-electron chi connectivity index (χ4n) is 3.60. The maximum Gasteiger partial charge on any atom is 0.416 e. The summed E-state index contributed by atoms with van der Waals surface area (Å²) >= 11 is 0. The van der Waals surface area contributed by atoms with Crippen LogP contribution in [0, 0.1) is 5.82 Å².